The van der Waals surface area contributed by atoms with Crippen LogP contribution < -0.4 is 5.73 Å². The quantitative estimate of drug-likeness (QED) is 0.648. The van der Waals surface area contributed by atoms with Crippen LogP contribution in [-0.4, -0.2) is 17.8 Å². The summed E-state index contributed by atoms with van der Waals surface area (Å²) >= 11 is 0. The highest BCUT2D eigenvalue weighted by atomic mass is 16.3. The summed E-state index contributed by atoms with van der Waals surface area (Å²) < 4.78 is 0. The zero-order valence-corrected chi connectivity index (χ0v) is 8.04. The molecule has 0 spiro atoms. The van der Waals surface area contributed by atoms with Gasteiger partial charge < -0.3 is 10.8 Å². The maximum Gasteiger partial charge on any atom is 0.0476 e. The molecule has 0 saturated carbocycles. The Morgan fingerprint density at radius 2 is 1.55 bits per heavy atom. The molecule has 0 aromatic rings. The Hall–Kier alpha value is -0.0800. The molecule has 0 aromatic heterocycles. The van der Waals surface area contributed by atoms with E-state index < -0.39 is 0 Å². The molecule has 0 fully saturated rings. The first-order valence-corrected chi connectivity index (χ1v) is 4.37. The summed E-state index contributed by atoms with van der Waals surface area (Å²) in [5.74, 6) is 1.17. The van der Waals surface area contributed by atoms with Crippen molar-refractivity contribution in [3.05, 3.63) is 0 Å². The Bertz CT molecular complexity index is 102. The fraction of sp³-hybridized carbons (Fsp3) is 1.00. The zero-order chi connectivity index (χ0) is 9.02. The summed E-state index contributed by atoms with van der Waals surface area (Å²) in [5.41, 5.74) is 5.91. The second-order valence-corrected chi connectivity index (χ2v) is 3.91. The van der Waals surface area contributed by atoms with Gasteiger partial charge in [-0.3, -0.25) is 0 Å². The summed E-state index contributed by atoms with van der Waals surface area (Å²) in [7, 11) is 0. The van der Waals surface area contributed by atoms with E-state index in [0.29, 0.717) is 11.8 Å². The van der Waals surface area contributed by atoms with Gasteiger partial charge in [-0.25, -0.2) is 0 Å². The van der Waals surface area contributed by atoms with Crippen molar-refractivity contribution in [1.29, 1.82) is 0 Å². The van der Waals surface area contributed by atoms with Crippen molar-refractivity contribution < 1.29 is 5.11 Å². The fourth-order valence-corrected chi connectivity index (χ4v) is 1.27. The van der Waals surface area contributed by atoms with Crippen molar-refractivity contribution in [3.8, 4) is 0 Å². The molecular formula is C9H21NO. The number of nitrogens with two attached hydrogens (primary N) is 1. The van der Waals surface area contributed by atoms with Crippen molar-refractivity contribution in [2.45, 2.75) is 33.7 Å². The van der Waals surface area contributed by atoms with Crippen LogP contribution in [-0.2, 0) is 0 Å². The smallest absolute Gasteiger partial charge is 0.0476 e. The van der Waals surface area contributed by atoms with Gasteiger partial charge in [-0.1, -0.05) is 27.7 Å². The predicted molar refractivity (Wildman–Crippen MR) is 48.2 cm³/mol. The lowest BCUT2D eigenvalue weighted by atomic mass is 9.84. The average Bonchev–Trinajstić information content (AvgIpc) is 1.88. The Kier molecular flexibility index (Phi) is 4.69. The molecule has 0 aliphatic carbocycles. The number of aliphatic hydroxyl groups excluding tert-OH is 1. The summed E-state index contributed by atoms with van der Waals surface area (Å²) in [5, 5.41) is 9.04. The van der Waals surface area contributed by atoms with E-state index in [1.54, 1.807) is 0 Å². The van der Waals surface area contributed by atoms with E-state index in [0.717, 1.165) is 0 Å². The third kappa shape index (κ3) is 3.21. The van der Waals surface area contributed by atoms with E-state index in [9.17, 15) is 0 Å². The third-order valence-electron chi connectivity index (χ3n) is 2.33. The van der Waals surface area contributed by atoms with Crippen LogP contribution in [0, 0.1) is 17.8 Å². The normalized spacial score (nSPS) is 17.5. The molecule has 0 saturated heterocycles. The topological polar surface area (TPSA) is 46.2 Å². The second-order valence-electron chi connectivity index (χ2n) is 3.91. The highest BCUT2D eigenvalue weighted by Gasteiger charge is 2.22. The van der Waals surface area contributed by atoms with Crippen LogP contribution in [0.25, 0.3) is 0 Å². The van der Waals surface area contributed by atoms with Gasteiger partial charge in [0, 0.05) is 12.6 Å². The van der Waals surface area contributed by atoms with Crippen LogP contribution in [0.1, 0.15) is 27.7 Å². The molecule has 3 N–H and O–H groups in total. The van der Waals surface area contributed by atoms with Gasteiger partial charge in [0.05, 0.1) is 0 Å². The van der Waals surface area contributed by atoms with Crippen LogP contribution >= 0.6 is 0 Å². The molecule has 0 radical (unpaired) electrons. The van der Waals surface area contributed by atoms with Crippen molar-refractivity contribution in [2.75, 3.05) is 6.61 Å². The highest BCUT2D eigenvalue weighted by molar-refractivity contribution is 4.77. The van der Waals surface area contributed by atoms with Gasteiger partial charge in [0.15, 0.2) is 0 Å². The molecule has 2 atom stereocenters. The molecule has 0 heterocycles. The fourth-order valence-electron chi connectivity index (χ4n) is 1.27. The molecule has 0 rings (SSSR count). The van der Waals surface area contributed by atoms with Crippen LogP contribution in [0.15, 0.2) is 0 Å². The second kappa shape index (κ2) is 4.73. The standard InChI is InChI=1S/C9H21NO/c1-6(2)8(5-11)9(10)7(3)4/h6-9,11H,5,10H2,1-4H3. The van der Waals surface area contributed by atoms with Crippen molar-refractivity contribution >= 4 is 0 Å². The molecule has 0 aliphatic rings. The minimum atomic E-state index is 0.125. The number of hydrogen-bond donors (Lipinski definition) is 2. The summed E-state index contributed by atoms with van der Waals surface area (Å²) in [6.07, 6.45) is 0. The van der Waals surface area contributed by atoms with Crippen LogP contribution in [0.3, 0.4) is 0 Å². The van der Waals surface area contributed by atoms with Crippen LogP contribution in [0.4, 0.5) is 0 Å². The number of rotatable bonds is 4. The lowest BCUT2D eigenvalue weighted by Crippen LogP contribution is -2.39. The lowest BCUT2D eigenvalue weighted by molar-refractivity contribution is 0.148. The molecule has 2 heteroatoms. The van der Waals surface area contributed by atoms with Crippen LogP contribution in [0.5, 0.6) is 0 Å². The maximum absolute atomic E-state index is 9.04. The SMILES string of the molecule is CC(C)C(N)C(CO)C(C)C. The van der Waals surface area contributed by atoms with Gasteiger partial charge >= 0.3 is 0 Å². The van der Waals surface area contributed by atoms with E-state index in [2.05, 4.69) is 27.7 Å². The Morgan fingerprint density at radius 1 is 1.09 bits per heavy atom. The third-order valence-corrected chi connectivity index (χ3v) is 2.33. The molecule has 0 aromatic carbocycles. The van der Waals surface area contributed by atoms with Gasteiger partial charge in [0.1, 0.15) is 0 Å². The molecule has 2 nitrogen and oxygen atoms in total. The average molecular weight is 159 g/mol. The Balaban J connectivity index is 4.02. The van der Waals surface area contributed by atoms with Gasteiger partial charge in [-0.05, 0) is 17.8 Å². The summed E-state index contributed by atoms with van der Waals surface area (Å²) in [6.45, 7) is 8.59. The van der Waals surface area contributed by atoms with E-state index in [1.165, 1.54) is 0 Å². The minimum Gasteiger partial charge on any atom is -0.396 e. The minimum absolute atomic E-state index is 0.125. The maximum atomic E-state index is 9.04. The summed E-state index contributed by atoms with van der Waals surface area (Å²) in [4.78, 5) is 0. The van der Waals surface area contributed by atoms with E-state index >= 15 is 0 Å². The Labute approximate surface area is 69.8 Å². The molecule has 0 aliphatic heterocycles. The summed E-state index contributed by atoms with van der Waals surface area (Å²) in [6, 6.07) is 0.125. The Morgan fingerprint density at radius 3 is 1.64 bits per heavy atom. The zero-order valence-electron chi connectivity index (χ0n) is 8.04. The highest BCUT2D eigenvalue weighted by Crippen LogP contribution is 2.18. The molecule has 2 unspecified atom stereocenters. The largest absolute Gasteiger partial charge is 0.396 e. The van der Waals surface area contributed by atoms with Gasteiger partial charge in [-0.2, -0.15) is 0 Å². The molecule has 0 amide bonds. The molecule has 68 valence electrons. The molecule has 11 heavy (non-hydrogen) atoms. The van der Waals surface area contributed by atoms with Crippen molar-refractivity contribution in [1.82, 2.24) is 0 Å². The molecule has 0 bridgehead atoms. The first kappa shape index (κ1) is 10.9. The van der Waals surface area contributed by atoms with E-state index in [1.807, 2.05) is 0 Å². The number of aliphatic hydroxyl groups is 1. The van der Waals surface area contributed by atoms with Gasteiger partial charge in [0.25, 0.3) is 0 Å². The lowest BCUT2D eigenvalue weighted by Gasteiger charge is -2.28. The van der Waals surface area contributed by atoms with Crippen LogP contribution in [0.2, 0.25) is 0 Å². The molecular weight excluding hydrogens is 138 g/mol. The van der Waals surface area contributed by atoms with E-state index in [4.69, 9.17) is 10.8 Å². The van der Waals surface area contributed by atoms with Gasteiger partial charge in [0.2, 0.25) is 0 Å². The monoisotopic (exact) mass is 159 g/mol. The number of hydrogen-bond acceptors (Lipinski definition) is 2. The first-order valence-electron chi connectivity index (χ1n) is 4.37. The van der Waals surface area contributed by atoms with Crippen molar-refractivity contribution in [2.24, 2.45) is 23.5 Å². The van der Waals surface area contributed by atoms with Gasteiger partial charge in [-0.15, -0.1) is 0 Å². The van der Waals surface area contributed by atoms with Crippen molar-refractivity contribution in [3.63, 3.8) is 0 Å². The van der Waals surface area contributed by atoms with E-state index in [-0.39, 0.29) is 18.6 Å². The predicted octanol–water partition coefficient (Wildman–Crippen LogP) is 1.23. The first-order chi connectivity index (χ1) is 5.00.